The number of aryl methyl sites for hydroxylation is 1. The van der Waals surface area contributed by atoms with Gasteiger partial charge in [0.1, 0.15) is 5.82 Å². The van der Waals surface area contributed by atoms with Crippen molar-refractivity contribution in [3.05, 3.63) is 18.2 Å². The third-order valence-electron chi connectivity index (χ3n) is 3.84. The molecule has 7 heteroatoms. The quantitative estimate of drug-likeness (QED) is 0.848. The van der Waals surface area contributed by atoms with E-state index in [1.165, 1.54) is 0 Å². The molecule has 1 aliphatic rings. The fraction of sp³-hybridized carbons (Fsp3) is 0.643. The topological polar surface area (TPSA) is 87.5 Å². The second-order valence-corrected chi connectivity index (χ2v) is 5.38. The summed E-state index contributed by atoms with van der Waals surface area (Å²) in [4.78, 5) is 28.9. The number of hydrogen-bond acceptors (Lipinski definition) is 3. The van der Waals surface area contributed by atoms with Gasteiger partial charge >= 0.3 is 12.0 Å². The second-order valence-electron chi connectivity index (χ2n) is 5.38. The lowest BCUT2D eigenvalue weighted by molar-refractivity contribution is -0.138. The highest BCUT2D eigenvalue weighted by Gasteiger charge is 2.28. The van der Waals surface area contributed by atoms with Crippen LogP contribution in [0.4, 0.5) is 4.79 Å². The van der Waals surface area contributed by atoms with Gasteiger partial charge in [-0.3, -0.25) is 4.79 Å². The van der Waals surface area contributed by atoms with Crippen molar-refractivity contribution in [2.45, 2.75) is 38.1 Å². The van der Waals surface area contributed by atoms with E-state index in [-0.39, 0.29) is 18.5 Å². The number of carboxylic acids is 1. The Hall–Kier alpha value is -2.05. The van der Waals surface area contributed by atoms with E-state index in [2.05, 4.69) is 10.3 Å². The largest absolute Gasteiger partial charge is 0.481 e. The summed E-state index contributed by atoms with van der Waals surface area (Å²) in [5.74, 6) is 0.0590. The maximum Gasteiger partial charge on any atom is 0.317 e. The zero-order chi connectivity index (χ0) is 15.2. The first-order valence-corrected chi connectivity index (χ1v) is 7.30. The normalized spacial score (nSPS) is 18.5. The highest BCUT2D eigenvalue weighted by molar-refractivity contribution is 5.76. The highest BCUT2D eigenvalue weighted by atomic mass is 16.4. The minimum absolute atomic E-state index is 0.0206. The van der Waals surface area contributed by atoms with Crippen LogP contribution in [0.25, 0.3) is 0 Å². The molecular weight excluding hydrogens is 272 g/mol. The number of amides is 2. The van der Waals surface area contributed by atoms with Gasteiger partial charge < -0.3 is 19.9 Å². The number of urea groups is 1. The Morgan fingerprint density at radius 3 is 2.95 bits per heavy atom. The zero-order valence-electron chi connectivity index (χ0n) is 12.3. The molecule has 2 N–H and O–H groups in total. The number of rotatable bonds is 5. The summed E-state index contributed by atoms with van der Waals surface area (Å²) in [6, 6.07) is -0.362. The Morgan fingerprint density at radius 1 is 1.48 bits per heavy atom. The van der Waals surface area contributed by atoms with Crippen molar-refractivity contribution in [1.82, 2.24) is 19.8 Å². The SMILES string of the molecule is Cn1ccnc1CCNC(=O)N1CCCCC1CC(=O)O. The first-order valence-electron chi connectivity index (χ1n) is 7.30. The average molecular weight is 294 g/mol. The molecule has 1 unspecified atom stereocenters. The summed E-state index contributed by atoms with van der Waals surface area (Å²) in [6.45, 7) is 1.13. The third-order valence-corrected chi connectivity index (χ3v) is 3.84. The Balaban J connectivity index is 1.83. The van der Waals surface area contributed by atoms with Crippen LogP contribution in [0.1, 0.15) is 31.5 Å². The molecule has 0 bridgehead atoms. The third kappa shape index (κ3) is 4.21. The number of carbonyl (C=O) groups is 2. The highest BCUT2D eigenvalue weighted by Crippen LogP contribution is 2.19. The number of carbonyl (C=O) groups excluding carboxylic acids is 1. The van der Waals surface area contributed by atoms with E-state index in [0.717, 1.165) is 25.1 Å². The van der Waals surface area contributed by atoms with E-state index in [9.17, 15) is 9.59 Å². The van der Waals surface area contributed by atoms with Crippen molar-refractivity contribution in [3.63, 3.8) is 0 Å². The van der Waals surface area contributed by atoms with Crippen LogP contribution in [0, 0.1) is 0 Å². The standard InChI is InChI=1S/C14H22N4O3/c1-17-9-7-15-12(17)5-6-16-14(21)18-8-3-2-4-11(18)10-13(19)20/h7,9,11H,2-6,8,10H2,1H3,(H,16,21)(H,19,20). The molecule has 2 amide bonds. The number of hydrogen-bond donors (Lipinski definition) is 2. The van der Waals surface area contributed by atoms with Crippen molar-refractivity contribution in [2.75, 3.05) is 13.1 Å². The van der Waals surface area contributed by atoms with Crippen molar-refractivity contribution >= 4 is 12.0 Å². The van der Waals surface area contributed by atoms with Crippen LogP contribution in [0.2, 0.25) is 0 Å². The molecule has 116 valence electrons. The molecule has 1 atom stereocenters. The number of imidazole rings is 1. The van der Waals surface area contributed by atoms with Crippen LogP contribution >= 0.6 is 0 Å². The Morgan fingerprint density at radius 2 is 2.29 bits per heavy atom. The van der Waals surface area contributed by atoms with Crippen LogP contribution in [-0.4, -0.2) is 50.7 Å². The predicted octanol–water partition coefficient (Wildman–Crippen LogP) is 1.00. The van der Waals surface area contributed by atoms with Crippen LogP contribution in [0.5, 0.6) is 0 Å². The van der Waals surface area contributed by atoms with E-state index in [4.69, 9.17) is 5.11 Å². The summed E-state index contributed by atoms with van der Waals surface area (Å²) in [6.07, 6.45) is 6.95. The Bertz CT molecular complexity index is 500. The molecule has 0 saturated carbocycles. The second kappa shape index (κ2) is 7.10. The molecule has 0 spiro atoms. The molecule has 1 aliphatic heterocycles. The van der Waals surface area contributed by atoms with Crippen LogP contribution in [0.3, 0.4) is 0 Å². The summed E-state index contributed by atoms with van der Waals surface area (Å²) in [5, 5.41) is 11.8. The van der Waals surface area contributed by atoms with Gasteiger partial charge in [0.2, 0.25) is 0 Å². The first-order chi connectivity index (χ1) is 10.1. The number of nitrogens with one attached hydrogen (secondary N) is 1. The lowest BCUT2D eigenvalue weighted by atomic mass is 10.00. The van der Waals surface area contributed by atoms with Gasteiger partial charge in [-0.2, -0.15) is 0 Å². The van der Waals surface area contributed by atoms with Gasteiger partial charge in [-0.15, -0.1) is 0 Å². The van der Waals surface area contributed by atoms with Crippen molar-refractivity contribution in [2.24, 2.45) is 7.05 Å². The number of carboxylic acid groups (broad SMARTS) is 1. The lowest BCUT2D eigenvalue weighted by Crippen LogP contribution is -2.49. The molecule has 0 aromatic carbocycles. The predicted molar refractivity (Wildman–Crippen MR) is 76.9 cm³/mol. The molecule has 2 rings (SSSR count). The minimum Gasteiger partial charge on any atom is -0.481 e. The van der Waals surface area contributed by atoms with Gasteiger partial charge in [-0.25, -0.2) is 9.78 Å². The summed E-state index contributed by atoms with van der Waals surface area (Å²) in [5.41, 5.74) is 0. The van der Waals surface area contributed by atoms with Crippen LogP contribution in [-0.2, 0) is 18.3 Å². The van der Waals surface area contributed by atoms with E-state index >= 15 is 0 Å². The van der Waals surface area contributed by atoms with Gasteiger partial charge in [0, 0.05) is 45.0 Å². The summed E-state index contributed by atoms with van der Waals surface area (Å²) < 4.78 is 1.92. The molecule has 2 heterocycles. The maximum absolute atomic E-state index is 12.2. The summed E-state index contributed by atoms with van der Waals surface area (Å²) >= 11 is 0. The van der Waals surface area contributed by atoms with E-state index in [1.54, 1.807) is 11.1 Å². The molecule has 1 aromatic heterocycles. The van der Waals surface area contributed by atoms with Gasteiger partial charge in [0.15, 0.2) is 0 Å². The van der Waals surface area contributed by atoms with Crippen LogP contribution in [0.15, 0.2) is 12.4 Å². The van der Waals surface area contributed by atoms with Crippen molar-refractivity contribution in [1.29, 1.82) is 0 Å². The first kappa shape index (κ1) is 15.3. The fourth-order valence-electron chi connectivity index (χ4n) is 2.70. The summed E-state index contributed by atoms with van der Waals surface area (Å²) in [7, 11) is 1.91. The molecule has 0 radical (unpaired) electrons. The van der Waals surface area contributed by atoms with Gasteiger partial charge in [0.25, 0.3) is 0 Å². The van der Waals surface area contributed by atoms with Crippen molar-refractivity contribution < 1.29 is 14.7 Å². The number of aromatic nitrogens is 2. The number of nitrogens with zero attached hydrogens (tertiary/aromatic N) is 3. The van der Waals surface area contributed by atoms with Crippen LogP contribution < -0.4 is 5.32 Å². The van der Waals surface area contributed by atoms with Gasteiger partial charge in [-0.05, 0) is 19.3 Å². The Labute approximate surface area is 124 Å². The molecule has 1 aromatic rings. The minimum atomic E-state index is -0.854. The fourth-order valence-corrected chi connectivity index (χ4v) is 2.70. The zero-order valence-corrected chi connectivity index (χ0v) is 12.3. The lowest BCUT2D eigenvalue weighted by Gasteiger charge is -2.34. The average Bonchev–Trinajstić information content (AvgIpc) is 2.84. The van der Waals surface area contributed by atoms with Gasteiger partial charge in [0.05, 0.1) is 6.42 Å². The number of piperidine rings is 1. The number of likely N-dealkylation sites (tertiary alicyclic amines) is 1. The maximum atomic E-state index is 12.2. The molecule has 1 saturated heterocycles. The Kier molecular flexibility index (Phi) is 5.19. The smallest absolute Gasteiger partial charge is 0.317 e. The molecule has 21 heavy (non-hydrogen) atoms. The van der Waals surface area contributed by atoms with Crippen molar-refractivity contribution in [3.8, 4) is 0 Å². The molecule has 1 fully saturated rings. The molecule has 0 aliphatic carbocycles. The monoisotopic (exact) mass is 294 g/mol. The van der Waals surface area contributed by atoms with E-state index in [1.807, 2.05) is 17.8 Å². The molecule has 7 nitrogen and oxygen atoms in total. The molecular formula is C14H22N4O3. The van der Waals surface area contributed by atoms with Gasteiger partial charge in [-0.1, -0.05) is 0 Å². The van der Waals surface area contributed by atoms with E-state index < -0.39 is 5.97 Å². The number of aliphatic carboxylic acids is 1. The van der Waals surface area contributed by atoms with E-state index in [0.29, 0.717) is 19.5 Å².